The molecule has 0 N–H and O–H groups in total. The molecule has 0 saturated heterocycles. The normalized spacial score (nSPS) is 12.9. The standard InChI is InChI=1S/C14H26O4/c1-6-17-12(15)7-8-13(16)18-10-11(2)9-14(3,4)5/h11H,6-10H2,1-5H3. The second-order valence-electron chi connectivity index (χ2n) is 5.86. The van der Waals surface area contributed by atoms with E-state index >= 15 is 0 Å². The van der Waals surface area contributed by atoms with Crippen molar-refractivity contribution in [3.05, 3.63) is 0 Å². The molecule has 4 heteroatoms. The van der Waals surface area contributed by atoms with Crippen molar-refractivity contribution in [1.29, 1.82) is 0 Å². The summed E-state index contributed by atoms with van der Waals surface area (Å²) < 4.78 is 9.87. The molecule has 0 bridgehead atoms. The molecule has 0 aromatic carbocycles. The molecule has 0 aliphatic heterocycles. The largest absolute Gasteiger partial charge is 0.466 e. The summed E-state index contributed by atoms with van der Waals surface area (Å²) in [6, 6.07) is 0. The van der Waals surface area contributed by atoms with E-state index in [0.717, 1.165) is 6.42 Å². The second-order valence-corrected chi connectivity index (χ2v) is 5.86. The van der Waals surface area contributed by atoms with E-state index in [2.05, 4.69) is 27.7 Å². The summed E-state index contributed by atoms with van der Waals surface area (Å²) in [5, 5.41) is 0. The minimum atomic E-state index is -0.350. The van der Waals surface area contributed by atoms with E-state index in [9.17, 15) is 9.59 Å². The zero-order valence-electron chi connectivity index (χ0n) is 12.2. The first kappa shape index (κ1) is 16.9. The van der Waals surface area contributed by atoms with Crippen LogP contribution in [-0.4, -0.2) is 25.2 Å². The summed E-state index contributed by atoms with van der Waals surface area (Å²) in [5.41, 5.74) is 0.233. The van der Waals surface area contributed by atoms with Gasteiger partial charge in [-0.3, -0.25) is 9.59 Å². The number of carbonyl (C=O) groups excluding carboxylic acids is 2. The molecule has 0 aromatic heterocycles. The van der Waals surface area contributed by atoms with Crippen LogP contribution >= 0.6 is 0 Å². The molecule has 0 rings (SSSR count). The summed E-state index contributed by atoms with van der Waals surface area (Å²) in [6.45, 7) is 11.0. The first-order chi connectivity index (χ1) is 8.24. The Balaban J connectivity index is 3.73. The lowest BCUT2D eigenvalue weighted by molar-refractivity contribution is -0.150. The zero-order chi connectivity index (χ0) is 14.2. The van der Waals surface area contributed by atoms with Crippen LogP contribution in [0.2, 0.25) is 0 Å². The van der Waals surface area contributed by atoms with Crippen molar-refractivity contribution < 1.29 is 19.1 Å². The van der Waals surface area contributed by atoms with Gasteiger partial charge in [0.1, 0.15) is 0 Å². The third kappa shape index (κ3) is 10.1. The summed E-state index contributed by atoms with van der Waals surface area (Å²) in [5.74, 6) is -0.349. The van der Waals surface area contributed by atoms with Gasteiger partial charge in [0.2, 0.25) is 0 Å². The smallest absolute Gasteiger partial charge is 0.306 e. The highest BCUT2D eigenvalue weighted by Gasteiger charge is 2.17. The monoisotopic (exact) mass is 258 g/mol. The molecule has 0 aromatic rings. The van der Waals surface area contributed by atoms with Crippen LogP contribution in [0.3, 0.4) is 0 Å². The fourth-order valence-electron chi connectivity index (χ4n) is 1.85. The Morgan fingerprint density at radius 1 is 1.06 bits per heavy atom. The Hall–Kier alpha value is -1.06. The average Bonchev–Trinajstić information content (AvgIpc) is 2.21. The van der Waals surface area contributed by atoms with E-state index in [4.69, 9.17) is 9.47 Å². The van der Waals surface area contributed by atoms with Crippen LogP contribution in [-0.2, 0) is 19.1 Å². The maximum absolute atomic E-state index is 11.4. The molecule has 0 saturated carbocycles. The molecule has 0 heterocycles. The molecular weight excluding hydrogens is 232 g/mol. The maximum Gasteiger partial charge on any atom is 0.306 e. The van der Waals surface area contributed by atoms with Crippen molar-refractivity contribution in [1.82, 2.24) is 0 Å². The van der Waals surface area contributed by atoms with E-state index in [-0.39, 0.29) is 30.2 Å². The predicted molar refractivity (Wildman–Crippen MR) is 70.1 cm³/mol. The molecule has 0 aliphatic carbocycles. The summed E-state index contributed by atoms with van der Waals surface area (Å²) in [7, 11) is 0. The van der Waals surface area contributed by atoms with Crippen molar-refractivity contribution >= 4 is 11.9 Å². The van der Waals surface area contributed by atoms with Crippen LogP contribution in [0, 0.1) is 11.3 Å². The van der Waals surface area contributed by atoms with E-state index in [0.29, 0.717) is 19.1 Å². The van der Waals surface area contributed by atoms with E-state index < -0.39 is 0 Å². The van der Waals surface area contributed by atoms with Crippen LogP contribution in [0.25, 0.3) is 0 Å². The Labute approximate surface area is 110 Å². The van der Waals surface area contributed by atoms with E-state index in [1.807, 2.05) is 0 Å². The number of esters is 2. The van der Waals surface area contributed by atoms with Crippen molar-refractivity contribution in [2.75, 3.05) is 13.2 Å². The summed E-state index contributed by atoms with van der Waals surface area (Å²) in [4.78, 5) is 22.4. The highest BCUT2D eigenvalue weighted by Crippen LogP contribution is 2.24. The van der Waals surface area contributed by atoms with E-state index in [1.165, 1.54) is 0 Å². The van der Waals surface area contributed by atoms with Gasteiger partial charge in [-0.05, 0) is 24.7 Å². The van der Waals surface area contributed by atoms with Crippen molar-refractivity contribution in [2.45, 2.75) is 53.9 Å². The number of hydrogen-bond acceptors (Lipinski definition) is 4. The molecule has 1 atom stereocenters. The number of rotatable bonds is 7. The van der Waals surface area contributed by atoms with Gasteiger partial charge in [-0.25, -0.2) is 0 Å². The SMILES string of the molecule is CCOC(=O)CCC(=O)OCC(C)CC(C)(C)C. The fraction of sp³-hybridized carbons (Fsp3) is 0.857. The lowest BCUT2D eigenvalue weighted by Crippen LogP contribution is -2.18. The average molecular weight is 258 g/mol. The number of hydrogen-bond donors (Lipinski definition) is 0. The second kappa shape index (κ2) is 8.11. The van der Waals surface area contributed by atoms with Gasteiger partial charge in [0.05, 0.1) is 26.1 Å². The third-order valence-corrected chi connectivity index (χ3v) is 2.33. The molecule has 0 spiro atoms. The summed E-state index contributed by atoms with van der Waals surface area (Å²) >= 11 is 0. The minimum absolute atomic E-state index is 0.0975. The highest BCUT2D eigenvalue weighted by molar-refractivity contribution is 5.77. The lowest BCUT2D eigenvalue weighted by atomic mass is 9.86. The highest BCUT2D eigenvalue weighted by atomic mass is 16.5. The Bertz CT molecular complexity index is 265. The maximum atomic E-state index is 11.4. The first-order valence-corrected chi connectivity index (χ1v) is 6.56. The Kier molecular flexibility index (Phi) is 7.64. The minimum Gasteiger partial charge on any atom is -0.466 e. The lowest BCUT2D eigenvalue weighted by Gasteiger charge is -2.22. The number of ether oxygens (including phenoxy) is 2. The van der Waals surface area contributed by atoms with Crippen molar-refractivity contribution in [2.24, 2.45) is 11.3 Å². The molecule has 0 aliphatic rings. The molecule has 0 amide bonds. The van der Waals surface area contributed by atoms with Gasteiger partial charge < -0.3 is 9.47 Å². The van der Waals surface area contributed by atoms with Gasteiger partial charge >= 0.3 is 11.9 Å². The van der Waals surface area contributed by atoms with Crippen LogP contribution in [0.5, 0.6) is 0 Å². The van der Waals surface area contributed by atoms with Crippen LogP contribution in [0.4, 0.5) is 0 Å². The molecular formula is C14H26O4. The molecule has 4 nitrogen and oxygen atoms in total. The number of carbonyl (C=O) groups is 2. The molecule has 0 radical (unpaired) electrons. The van der Waals surface area contributed by atoms with Gasteiger partial charge in [-0.15, -0.1) is 0 Å². The quantitative estimate of drug-likeness (QED) is 0.659. The zero-order valence-corrected chi connectivity index (χ0v) is 12.2. The molecule has 18 heavy (non-hydrogen) atoms. The molecule has 0 fully saturated rings. The van der Waals surface area contributed by atoms with Crippen LogP contribution in [0.15, 0.2) is 0 Å². The topological polar surface area (TPSA) is 52.6 Å². The van der Waals surface area contributed by atoms with Crippen LogP contribution in [0.1, 0.15) is 53.9 Å². The van der Waals surface area contributed by atoms with Crippen molar-refractivity contribution in [3.8, 4) is 0 Å². The van der Waals surface area contributed by atoms with Crippen molar-refractivity contribution in [3.63, 3.8) is 0 Å². The van der Waals surface area contributed by atoms with Gasteiger partial charge in [-0.1, -0.05) is 27.7 Å². The summed E-state index contributed by atoms with van der Waals surface area (Å²) in [6.07, 6.45) is 1.19. The Morgan fingerprint density at radius 3 is 2.00 bits per heavy atom. The fourth-order valence-corrected chi connectivity index (χ4v) is 1.85. The van der Waals surface area contributed by atoms with Gasteiger partial charge in [0, 0.05) is 0 Å². The van der Waals surface area contributed by atoms with Gasteiger partial charge in [0.15, 0.2) is 0 Å². The predicted octanol–water partition coefficient (Wildman–Crippen LogP) is 2.95. The van der Waals surface area contributed by atoms with Gasteiger partial charge in [-0.2, -0.15) is 0 Å². The first-order valence-electron chi connectivity index (χ1n) is 6.56. The van der Waals surface area contributed by atoms with Crippen LogP contribution < -0.4 is 0 Å². The Morgan fingerprint density at radius 2 is 1.56 bits per heavy atom. The van der Waals surface area contributed by atoms with E-state index in [1.54, 1.807) is 6.92 Å². The molecule has 106 valence electrons. The van der Waals surface area contributed by atoms with Gasteiger partial charge in [0.25, 0.3) is 0 Å². The molecule has 1 unspecified atom stereocenters. The third-order valence-electron chi connectivity index (χ3n) is 2.33.